The molecule has 1 heterocycles. The first-order chi connectivity index (χ1) is 14.6. The molecule has 3 saturated carbocycles. The molecule has 6 rings (SSSR count). The molecule has 2 bridgehead atoms. The second-order valence-electron chi connectivity index (χ2n) is 8.66. The molecule has 3 aliphatic carbocycles. The summed E-state index contributed by atoms with van der Waals surface area (Å²) in [7, 11) is 0. The molecule has 162 valence electrons. The molecule has 2 aromatic carbocycles. The van der Waals surface area contributed by atoms with Crippen LogP contribution in [0.25, 0.3) is 0 Å². The van der Waals surface area contributed by atoms with E-state index in [0.29, 0.717) is 6.07 Å². The third-order valence-electron chi connectivity index (χ3n) is 6.83. The van der Waals surface area contributed by atoms with Gasteiger partial charge in [0.15, 0.2) is 5.60 Å². The number of nitrogens with zero attached hydrogens (tertiary/aromatic N) is 4. The smallest absolute Gasteiger partial charge is 0.287 e. The molecule has 3 fully saturated rings. The largest absolute Gasteiger partial charge is 0.377 e. The lowest BCUT2D eigenvalue weighted by Crippen LogP contribution is -2.76. The third kappa shape index (κ3) is 2.67. The van der Waals surface area contributed by atoms with Gasteiger partial charge in [0, 0.05) is 17.0 Å². The highest BCUT2D eigenvalue weighted by Gasteiger charge is 2.82. The molecule has 31 heavy (non-hydrogen) atoms. The van der Waals surface area contributed by atoms with Crippen molar-refractivity contribution in [3.8, 4) is 0 Å². The quantitative estimate of drug-likeness (QED) is 0.598. The van der Waals surface area contributed by atoms with Crippen LogP contribution in [0, 0.1) is 22.9 Å². The van der Waals surface area contributed by atoms with Crippen LogP contribution in [0.3, 0.4) is 0 Å². The highest BCUT2D eigenvalue weighted by atomic mass is 19.3. The standard InChI is InChI=1S/C21H17F5N4O/c22-14-3-1-13(2-4-14)18-8-19(9-18,10-18)21(25,26)20(31,11-30-12-27-28-29-30)16-6-5-15(23)7-17(16)24/h1-7,12,31H,8-11H2. The van der Waals surface area contributed by atoms with Crippen molar-refractivity contribution in [1.82, 2.24) is 20.2 Å². The highest BCUT2D eigenvalue weighted by Crippen LogP contribution is 2.80. The summed E-state index contributed by atoms with van der Waals surface area (Å²) in [5.41, 5.74) is -5.09. The molecule has 1 N–H and O–H groups in total. The normalized spacial score (nSPS) is 26.6. The Hall–Kier alpha value is -2.88. The van der Waals surface area contributed by atoms with Crippen LogP contribution in [0.15, 0.2) is 48.8 Å². The summed E-state index contributed by atoms with van der Waals surface area (Å²) in [6.07, 6.45) is 1.20. The van der Waals surface area contributed by atoms with Gasteiger partial charge in [0.2, 0.25) is 0 Å². The molecule has 0 radical (unpaired) electrons. The van der Waals surface area contributed by atoms with Crippen LogP contribution in [-0.2, 0) is 17.6 Å². The first-order valence-corrected chi connectivity index (χ1v) is 9.64. The van der Waals surface area contributed by atoms with Gasteiger partial charge in [-0.15, -0.1) is 5.10 Å². The molecule has 10 heteroatoms. The number of rotatable bonds is 6. The van der Waals surface area contributed by atoms with Crippen LogP contribution in [0.2, 0.25) is 0 Å². The van der Waals surface area contributed by atoms with Crippen molar-refractivity contribution in [2.24, 2.45) is 5.41 Å². The van der Waals surface area contributed by atoms with E-state index in [9.17, 15) is 18.3 Å². The molecule has 0 saturated heterocycles. The maximum absolute atomic E-state index is 16.0. The predicted molar refractivity (Wildman–Crippen MR) is 97.4 cm³/mol. The molecular formula is C21H17F5N4O. The van der Waals surface area contributed by atoms with Gasteiger partial charge in [0.1, 0.15) is 23.8 Å². The highest BCUT2D eigenvalue weighted by molar-refractivity contribution is 5.43. The van der Waals surface area contributed by atoms with Crippen molar-refractivity contribution < 1.29 is 27.1 Å². The molecule has 5 nitrogen and oxygen atoms in total. The van der Waals surface area contributed by atoms with Crippen LogP contribution in [0.5, 0.6) is 0 Å². The number of tetrazole rings is 1. The van der Waals surface area contributed by atoms with E-state index in [4.69, 9.17) is 0 Å². The summed E-state index contributed by atoms with van der Waals surface area (Å²) >= 11 is 0. The van der Waals surface area contributed by atoms with Gasteiger partial charge < -0.3 is 5.11 Å². The van der Waals surface area contributed by atoms with Gasteiger partial charge in [-0.05, 0) is 64.9 Å². The predicted octanol–water partition coefficient (Wildman–Crippen LogP) is 3.74. The molecule has 3 aliphatic rings. The molecule has 1 aromatic heterocycles. The number of benzene rings is 2. The van der Waals surface area contributed by atoms with Gasteiger partial charge in [-0.3, -0.25) is 0 Å². The molecule has 0 aliphatic heterocycles. The fourth-order valence-corrected chi connectivity index (χ4v) is 5.33. The number of alkyl halides is 2. The van der Waals surface area contributed by atoms with Crippen molar-refractivity contribution >= 4 is 0 Å². The van der Waals surface area contributed by atoms with Gasteiger partial charge in [-0.25, -0.2) is 26.6 Å². The summed E-state index contributed by atoms with van der Waals surface area (Å²) in [5, 5.41) is 21.6. The minimum atomic E-state index is -3.79. The van der Waals surface area contributed by atoms with Gasteiger partial charge in [-0.1, -0.05) is 12.1 Å². The summed E-state index contributed by atoms with van der Waals surface area (Å²) < 4.78 is 74.1. The Bertz CT molecular complexity index is 1120. The zero-order chi connectivity index (χ0) is 22.1. The Balaban J connectivity index is 1.52. The summed E-state index contributed by atoms with van der Waals surface area (Å²) in [6.45, 7) is -0.819. The van der Waals surface area contributed by atoms with E-state index >= 15 is 8.78 Å². The topological polar surface area (TPSA) is 63.8 Å². The number of hydrogen-bond donors (Lipinski definition) is 1. The Kier molecular flexibility index (Phi) is 4.09. The first-order valence-electron chi connectivity index (χ1n) is 9.64. The zero-order valence-electron chi connectivity index (χ0n) is 16.1. The third-order valence-corrected chi connectivity index (χ3v) is 6.83. The number of aromatic nitrogens is 4. The fourth-order valence-electron chi connectivity index (χ4n) is 5.33. The summed E-state index contributed by atoms with van der Waals surface area (Å²) in [6, 6.07) is 7.81. The lowest BCUT2D eigenvalue weighted by Gasteiger charge is -2.74. The fraction of sp³-hybridized carbons (Fsp3) is 0.381. The number of aliphatic hydroxyl groups is 1. The van der Waals surface area contributed by atoms with E-state index in [2.05, 4.69) is 15.5 Å². The van der Waals surface area contributed by atoms with Crippen molar-refractivity contribution in [2.45, 2.75) is 42.7 Å². The SMILES string of the molecule is OC(Cn1cnnn1)(c1ccc(F)cc1F)C(F)(F)C12CC(c3ccc(F)cc3)(C1)C2. The van der Waals surface area contributed by atoms with E-state index in [0.717, 1.165) is 28.7 Å². The van der Waals surface area contributed by atoms with Crippen LogP contribution in [0.4, 0.5) is 22.0 Å². The van der Waals surface area contributed by atoms with Gasteiger partial charge in [0.05, 0.1) is 6.54 Å². The molecule has 0 spiro atoms. The molecule has 0 amide bonds. The van der Waals surface area contributed by atoms with Crippen molar-refractivity contribution in [3.05, 3.63) is 77.4 Å². The monoisotopic (exact) mass is 436 g/mol. The van der Waals surface area contributed by atoms with Crippen LogP contribution < -0.4 is 0 Å². The Morgan fingerprint density at radius 1 is 0.968 bits per heavy atom. The molecule has 1 atom stereocenters. The minimum absolute atomic E-state index is 0.0549. The van der Waals surface area contributed by atoms with E-state index in [1.165, 1.54) is 12.1 Å². The number of halogens is 5. The second kappa shape index (κ2) is 6.32. The lowest BCUT2D eigenvalue weighted by atomic mass is 9.30. The number of hydrogen-bond acceptors (Lipinski definition) is 4. The Morgan fingerprint density at radius 3 is 2.19 bits per heavy atom. The Labute approximate surface area is 173 Å². The van der Waals surface area contributed by atoms with E-state index in [-0.39, 0.29) is 19.3 Å². The first kappa shape index (κ1) is 20.0. The van der Waals surface area contributed by atoms with Crippen LogP contribution in [0.1, 0.15) is 30.4 Å². The minimum Gasteiger partial charge on any atom is -0.377 e. The van der Waals surface area contributed by atoms with Crippen molar-refractivity contribution in [1.29, 1.82) is 0 Å². The van der Waals surface area contributed by atoms with Gasteiger partial charge >= 0.3 is 0 Å². The van der Waals surface area contributed by atoms with E-state index in [1.54, 1.807) is 12.1 Å². The van der Waals surface area contributed by atoms with Gasteiger partial charge in [-0.2, -0.15) is 0 Å². The van der Waals surface area contributed by atoms with E-state index < -0.39 is 51.9 Å². The van der Waals surface area contributed by atoms with Gasteiger partial charge in [0.25, 0.3) is 5.92 Å². The molecule has 1 unspecified atom stereocenters. The lowest BCUT2D eigenvalue weighted by molar-refractivity contribution is -0.347. The maximum Gasteiger partial charge on any atom is 0.287 e. The average Bonchev–Trinajstić information content (AvgIpc) is 3.13. The molecular weight excluding hydrogens is 419 g/mol. The molecule has 3 aromatic rings. The van der Waals surface area contributed by atoms with E-state index in [1.807, 2.05) is 0 Å². The second-order valence-corrected chi connectivity index (χ2v) is 8.66. The summed E-state index contributed by atoms with van der Waals surface area (Å²) in [4.78, 5) is 0. The maximum atomic E-state index is 16.0. The van der Waals surface area contributed by atoms with Crippen LogP contribution >= 0.6 is 0 Å². The van der Waals surface area contributed by atoms with Crippen LogP contribution in [-0.4, -0.2) is 31.2 Å². The zero-order valence-corrected chi connectivity index (χ0v) is 16.1. The van der Waals surface area contributed by atoms with Crippen molar-refractivity contribution in [2.75, 3.05) is 0 Å². The van der Waals surface area contributed by atoms with Crippen molar-refractivity contribution in [3.63, 3.8) is 0 Å². The average molecular weight is 436 g/mol. The Morgan fingerprint density at radius 2 is 1.61 bits per heavy atom. The summed E-state index contributed by atoms with van der Waals surface area (Å²) in [5.74, 6) is -6.44.